The Morgan fingerprint density at radius 1 is 1.40 bits per heavy atom. The van der Waals surface area contributed by atoms with E-state index >= 15 is 0 Å². The highest BCUT2D eigenvalue weighted by atomic mass is 79.9. The first-order valence-electron chi connectivity index (χ1n) is 6.60. The van der Waals surface area contributed by atoms with Crippen molar-refractivity contribution in [2.24, 2.45) is 0 Å². The quantitative estimate of drug-likeness (QED) is 0.387. The molecule has 112 valence electrons. The smallest absolute Gasteiger partial charge is 0.192 e. The van der Waals surface area contributed by atoms with Crippen LogP contribution in [0.2, 0.25) is 18.1 Å². The zero-order valence-electron chi connectivity index (χ0n) is 12.7. The van der Waals surface area contributed by atoms with Gasteiger partial charge in [0.1, 0.15) is 11.7 Å². The van der Waals surface area contributed by atoms with Gasteiger partial charge in [-0.15, -0.1) is 11.6 Å². The van der Waals surface area contributed by atoms with Gasteiger partial charge >= 0.3 is 0 Å². The van der Waals surface area contributed by atoms with Gasteiger partial charge < -0.3 is 9.22 Å². The van der Waals surface area contributed by atoms with Crippen LogP contribution in [0.1, 0.15) is 37.3 Å². The highest BCUT2D eigenvalue weighted by Gasteiger charge is 2.37. The van der Waals surface area contributed by atoms with Crippen molar-refractivity contribution in [3.8, 4) is 0 Å². The minimum atomic E-state index is -1.79. The van der Waals surface area contributed by atoms with E-state index in [1.54, 1.807) is 0 Å². The second-order valence-electron chi connectivity index (χ2n) is 6.44. The van der Waals surface area contributed by atoms with Gasteiger partial charge in [-0.1, -0.05) is 48.8 Å². The molecule has 0 radical (unpaired) electrons. The van der Waals surface area contributed by atoms with Gasteiger partial charge in [-0.3, -0.25) is 0 Å². The molecular weight excluding hydrogens is 356 g/mol. The predicted octanol–water partition coefficient (Wildman–Crippen LogP) is 5.45. The SMILES string of the molecule is CC(C)(C)[Si](C)(C)OCc1cc(C(Cl)C=O)ccc1Br. The molecular formula is C15H22BrClO2Si. The maximum absolute atomic E-state index is 10.8. The summed E-state index contributed by atoms with van der Waals surface area (Å²) in [6.07, 6.45) is 0.739. The molecule has 0 heterocycles. The van der Waals surface area contributed by atoms with Crippen LogP contribution in [0.25, 0.3) is 0 Å². The summed E-state index contributed by atoms with van der Waals surface area (Å²) in [6.45, 7) is 11.6. The normalized spacial score (nSPS) is 14.2. The van der Waals surface area contributed by atoms with Gasteiger partial charge in [-0.05, 0) is 35.3 Å². The van der Waals surface area contributed by atoms with E-state index in [0.717, 1.165) is 21.9 Å². The fourth-order valence-corrected chi connectivity index (χ4v) is 2.88. The largest absolute Gasteiger partial charge is 0.413 e. The molecule has 1 unspecified atom stereocenters. The first-order valence-corrected chi connectivity index (χ1v) is 10.7. The number of aldehydes is 1. The number of benzene rings is 1. The fraction of sp³-hybridized carbons (Fsp3) is 0.533. The van der Waals surface area contributed by atoms with Gasteiger partial charge in [0, 0.05) is 4.47 Å². The lowest BCUT2D eigenvalue weighted by molar-refractivity contribution is -0.107. The van der Waals surface area contributed by atoms with Gasteiger partial charge in [0.05, 0.1) is 6.61 Å². The van der Waals surface area contributed by atoms with Gasteiger partial charge in [-0.2, -0.15) is 0 Å². The lowest BCUT2D eigenvalue weighted by atomic mass is 10.1. The summed E-state index contributed by atoms with van der Waals surface area (Å²) in [7, 11) is -1.79. The molecule has 0 aliphatic carbocycles. The summed E-state index contributed by atoms with van der Waals surface area (Å²) in [6, 6.07) is 5.70. The molecule has 0 bridgehead atoms. The van der Waals surface area contributed by atoms with Crippen molar-refractivity contribution >= 4 is 42.1 Å². The summed E-state index contributed by atoms with van der Waals surface area (Å²) < 4.78 is 7.19. The Hall–Kier alpha value is -0.163. The van der Waals surface area contributed by atoms with Crippen molar-refractivity contribution < 1.29 is 9.22 Å². The van der Waals surface area contributed by atoms with Crippen LogP contribution < -0.4 is 0 Å². The number of alkyl halides is 1. The third-order valence-electron chi connectivity index (χ3n) is 3.90. The Labute approximate surface area is 136 Å². The summed E-state index contributed by atoms with van der Waals surface area (Å²) in [5.74, 6) is 0. The van der Waals surface area contributed by atoms with Gasteiger partial charge in [0.25, 0.3) is 0 Å². The Morgan fingerprint density at radius 2 is 2.00 bits per heavy atom. The van der Waals surface area contributed by atoms with E-state index in [2.05, 4.69) is 49.8 Å². The van der Waals surface area contributed by atoms with Crippen molar-refractivity contribution in [3.05, 3.63) is 33.8 Å². The molecule has 1 atom stereocenters. The van der Waals surface area contributed by atoms with Crippen LogP contribution >= 0.6 is 27.5 Å². The highest BCUT2D eigenvalue weighted by Crippen LogP contribution is 2.37. The van der Waals surface area contributed by atoms with Crippen LogP contribution in [0.3, 0.4) is 0 Å². The average molecular weight is 378 g/mol. The zero-order chi connectivity index (χ0) is 15.6. The lowest BCUT2D eigenvalue weighted by Gasteiger charge is -2.36. The van der Waals surface area contributed by atoms with E-state index in [4.69, 9.17) is 16.0 Å². The van der Waals surface area contributed by atoms with Crippen molar-refractivity contribution in [1.29, 1.82) is 0 Å². The summed E-state index contributed by atoms with van der Waals surface area (Å²) in [5, 5.41) is -0.427. The predicted molar refractivity (Wildman–Crippen MR) is 90.8 cm³/mol. The number of rotatable bonds is 5. The number of hydrogen-bond donors (Lipinski definition) is 0. The molecule has 0 fully saturated rings. The maximum Gasteiger partial charge on any atom is 0.192 e. The van der Waals surface area contributed by atoms with Gasteiger partial charge in [0.15, 0.2) is 8.32 Å². The average Bonchev–Trinajstić information content (AvgIpc) is 2.35. The van der Waals surface area contributed by atoms with Crippen molar-refractivity contribution in [2.75, 3.05) is 0 Å². The minimum absolute atomic E-state index is 0.175. The molecule has 0 amide bonds. The second kappa shape index (κ2) is 6.73. The number of hydrogen-bond acceptors (Lipinski definition) is 2. The Kier molecular flexibility index (Phi) is 6.02. The first-order chi connectivity index (χ1) is 9.08. The van der Waals surface area contributed by atoms with E-state index in [-0.39, 0.29) is 5.04 Å². The summed E-state index contributed by atoms with van der Waals surface area (Å²) in [4.78, 5) is 10.8. The van der Waals surface area contributed by atoms with Crippen LogP contribution in [0.5, 0.6) is 0 Å². The van der Waals surface area contributed by atoms with E-state index in [1.807, 2.05) is 18.2 Å². The molecule has 0 spiro atoms. The fourth-order valence-electron chi connectivity index (χ4n) is 1.43. The Bertz CT molecular complexity index is 483. The topological polar surface area (TPSA) is 26.3 Å². The van der Waals surface area contributed by atoms with Crippen LogP contribution in [-0.2, 0) is 15.8 Å². The third kappa shape index (κ3) is 4.42. The zero-order valence-corrected chi connectivity index (χ0v) is 16.0. The van der Waals surface area contributed by atoms with Crippen LogP contribution in [0.4, 0.5) is 0 Å². The maximum atomic E-state index is 10.8. The second-order valence-corrected chi connectivity index (χ2v) is 12.6. The van der Waals surface area contributed by atoms with E-state index < -0.39 is 13.7 Å². The number of carbonyl (C=O) groups excluding carboxylic acids is 1. The monoisotopic (exact) mass is 376 g/mol. The molecule has 20 heavy (non-hydrogen) atoms. The molecule has 0 aliphatic rings. The number of carbonyl (C=O) groups is 1. The molecule has 1 aromatic carbocycles. The van der Waals surface area contributed by atoms with Crippen LogP contribution in [0.15, 0.2) is 22.7 Å². The van der Waals surface area contributed by atoms with Gasteiger partial charge in [0.2, 0.25) is 0 Å². The molecule has 0 aliphatic heterocycles. The molecule has 0 aromatic heterocycles. The van der Waals surface area contributed by atoms with Crippen molar-refractivity contribution in [2.45, 2.75) is 50.9 Å². The van der Waals surface area contributed by atoms with Crippen molar-refractivity contribution in [3.63, 3.8) is 0 Å². The number of halogens is 2. The lowest BCUT2D eigenvalue weighted by Crippen LogP contribution is -2.40. The van der Waals surface area contributed by atoms with E-state index in [1.165, 1.54) is 0 Å². The molecule has 1 rings (SSSR count). The van der Waals surface area contributed by atoms with Crippen LogP contribution in [-0.4, -0.2) is 14.6 Å². The van der Waals surface area contributed by atoms with Gasteiger partial charge in [-0.25, -0.2) is 0 Å². The molecule has 0 saturated carbocycles. The Morgan fingerprint density at radius 3 is 2.50 bits per heavy atom. The first kappa shape index (κ1) is 17.9. The van der Waals surface area contributed by atoms with E-state index in [9.17, 15) is 4.79 Å². The molecule has 1 aromatic rings. The highest BCUT2D eigenvalue weighted by molar-refractivity contribution is 9.10. The Balaban J connectivity index is 2.90. The summed E-state index contributed by atoms with van der Waals surface area (Å²) in [5.41, 5.74) is 1.83. The summed E-state index contributed by atoms with van der Waals surface area (Å²) >= 11 is 9.49. The van der Waals surface area contributed by atoms with Crippen molar-refractivity contribution in [1.82, 2.24) is 0 Å². The molecule has 5 heteroatoms. The molecule has 2 nitrogen and oxygen atoms in total. The minimum Gasteiger partial charge on any atom is -0.413 e. The molecule has 0 saturated heterocycles. The molecule has 0 N–H and O–H groups in total. The van der Waals surface area contributed by atoms with Crippen LogP contribution in [0, 0.1) is 0 Å². The van der Waals surface area contributed by atoms with E-state index in [0.29, 0.717) is 6.61 Å². The third-order valence-corrected chi connectivity index (χ3v) is 9.51. The standard InChI is InChI=1S/C15H22BrClO2Si/c1-15(2,3)20(4,5)19-10-12-8-11(14(17)9-18)6-7-13(12)16/h6-9,14H,10H2,1-5H3.